The van der Waals surface area contributed by atoms with E-state index in [4.69, 9.17) is 0 Å². The van der Waals surface area contributed by atoms with Crippen molar-refractivity contribution in [2.45, 2.75) is 69.9 Å². The van der Waals surface area contributed by atoms with Gasteiger partial charge in [-0.15, -0.1) is 0 Å². The van der Waals surface area contributed by atoms with Crippen LogP contribution in [0.3, 0.4) is 0 Å². The SMILES string of the molecule is CNC(C(=O)NCCCCC(=O)Nc1ccc(C#Cc2ccc(-c3cnc(C4CCCN4C)[nH]3)cc2)cc1)c1ccccc1.O=CC1CC1.O=CCNC(=O)C1CC1.c1ccccc1. The van der Waals surface area contributed by atoms with Crippen molar-refractivity contribution < 1.29 is 24.0 Å². The third kappa shape index (κ3) is 17.2. The number of likely N-dealkylation sites (tertiary alicyclic amines) is 1. The van der Waals surface area contributed by atoms with Crippen molar-refractivity contribution in [3.05, 3.63) is 144 Å². The van der Waals surface area contributed by atoms with Crippen LogP contribution in [0.4, 0.5) is 5.69 Å². The molecule has 3 aliphatic rings. The number of carbonyl (C=O) groups is 5. The Kier molecular flexibility index (Phi) is 20.2. The summed E-state index contributed by atoms with van der Waals surface area (Å²) in [5, 5.41) is 11.4. The lowest BCUT2D eigenvalue weighted by Gasteiger charge is -2.16. The monoisotopic (exact) mass is 863 g/mol. The Balaban J connectivity index is 0.000000312. The van der Waals surface area contributed by atoms with Crippen molar-refractivity contribution >= 4 is 36.0 Å². The summed E-state index contributed by atoms with van der Waals surface area (Å²) in [7, 11) is 3.92. The van der Waals surface area contributed by atoms with E-state index in [9.17, 15) is 24.0 Å². The van der Waals surface area contributed by atoms with Gasteiger partial charge in [-0.25, -0.2) is 4.98 Å². The lowest BCUT2D eigenvalue weighted by molar-refractivity contribution is -0.124. The Morgan fingerprint density at radius 3 is 1.95 bits per heavy atom. The summed E-state index contributed by atoms with van der Waals surface area (Å²) in [5.41, 5.74) is 5.57. The largest absolute Gasteiger partial charge is 0.354 e. The molecule has 2 atom stereocenters. The second kappa shape index (κ2) is 26.7. The molecule has 1 saturated heterocycles. The number of hydrogen-bond acceptors (Lipinski definition) is 8. The highest BCUT2D eigenvalue weighted by molar-refractivity contribution is 5.90. The van der Waals surface area contributed by atoms with Crippen LogP contribution in [0.5, 0.6) is 0 Å². The molecule has 2 aliphatic carbocycles. The molecule has 8 rings (SSSR count). The minimum atomic E-state index is -0.391. The molecule has 12 nitrogen and oxygen atoms in total. The average molecular weight is 864 g/mol. The van der Waals surface area contributed by atoms with Crippen LogP contribution in [0, 0.1) is 23.7 Å². The molecule has 64 heavy (non-hydrogen) atoms. The number of H-pyrrole nitrogens is 1. The van der Waals surface area contributed by atoms with E-state index in [2.05, 4.69) is 67.2 Å². The maximum absolute atomic E-state index is 12.5. The topological polar surface area (TPSA) is 165 Å². The number of imidazole rings is 1. The average Bonchev–Trinajstić information content (AvgIpc) is 4.27. The van der Waals surface area contributed by atoms with Gasteiger partial charge in [-0.3, -0.25) is 19.3 Å². The highest BCUT2D eigenvalue weighted by Gasteiger charge is 2.29. The van der Waals surface area contributed by atoms with Gasteiger partial charge in [0.1, 0.15) is 24.4 Å². The molecule has 334 valence electrons. The Morgan fingerprint density at radius 2 is 1.42 bits per heavy atom. The molecular weight excluding hydrogens is 803 g/mol. The number of nitrogens with zero attached hydrogens (tertiary/aromatic N) is 2. The van der Waals surface area contributed by atoms with Crippen LogP contribution < -0.4 is 21.3 Å². The lowest BCUT2D eigenvalue weighted by Crippen LogP contribution is -2.36. The van der Waals surface area contributed by atoms with Crippen molar-refractivity contribution in [1.29, 1.82) is 0 Å². The van der Waals surface area contributed by atoms with Crippen LogP contribution in [0.15, 0.2) is 121 Å². The van der Waals surface area contributed by atoms with E-state index < -0.39 is 6.04 Å². The number of aromatic nitrogens is 2. The summed E-state index contributed by atoms with van der Waals surface area (Å²) in [6.45, 7) is 1.80. The van der Waals surface area contributed by atoms with Gasteiger partial charge in [-0.2, -0.15) is 0 Å². The molecule has 2 heterocycles. The first-order chi connectivity index (χ1) is 31.3. The number of unbranched alkanes of at least 4 members (excludes halogenated alkanes) is 1. The second-order valence-electron chi connectivity index (χ2n) is 16.0. The third-order valence-electron chi connectivity index (χ3n) is 10.7. The van der Waals surface area contributed by atoms with Crippen molar-refractivity contribution in [3.63, 3.8) is 0 Å². The molecule has 1 aliphatic heterocycles. The standard InChI is InChI=1S/C36H40N6O2.C6H9NO2.C6H6.C4H6O/c1-37-34(29-9-4-3-5-10-29)36(44)38-23-7-6-12-33(43)40-30-21-17-27(18-22-30)14-13-26-15-19-28(20-16-26)31-25-39-35(41-31)32-11-8-24-42(32)2;8-4-3-7-6(9)5-1-2-5;1-2-4-6-5-3-1;5-3-4-1-2-4/h3-5,9-10,15-22,25,32,34,37H,6-8,11-12,23-24H2,1-2H3,(H,38,44)(H,39,41)(H,40,43);4-5H,1-3H2,(H,7,9);1-6H;3-4H,1-2H2. The van der Waals surface area contributed by atoms with Gasteiger partial charge < -0.3 is 35.8 Å². The van der Waals surface area contributed by atoms with Crippen molar-refractivity contribution in [2.75, 3.05) is 39.0 Å². The number of amides is 3. The number of benzene rings is 4. The molecule has 5 aromatic rings. The number of nitrogens with one attached hydrogen (secondary N) is 5. The summed E-state index contributed by atoms with van der Waals surface area (Å²) in [4.78, 5) is 65.4. The van der Waals surface area contributed by atoms with Gasteiger partial charge in [0.15, 0.2) is 0 Å². The first-order valence-electron chi connectivity index (χ1n) is 22.2. The minimum Gasteiger partial charge on any atom is -0.354 e. The van der Waals surface area contributed by atoms with E-state index in [1.54, 1.807) is 7.05 Å². The van der Waals surface area contributed by atoms with Crippen LogP contribution in [0.25, 0.3) is 11.3 Å². The second-order valence-corrected chi connectivity index (χ2v) is 16.0. The van der Waals surface area contributed by atoms with Gasteiger partial charge in [-0.1, -0.05) is 90.7 Å². The fourth-order valence-corrected chi connectivity index (χ4v) is 6.71. The molecule has 1 aromatic heterocycles. The van der Waals surface area contributed by atoms with Crippen LogP contribution in [-0.2, 0) is 24.0 Å². The number of aromatic amines is 1. The van der Waals surface area contributed by atoms with Crippen molar-refractivity contribution in [3.8, 4) is 23.1 Å². The van der Waals surface area contributed by atoms with Gasteiger partial charge in [-0.05, 0) is 120 Å². The van der Waals surface area contributed by atoms with Crippen LogP contribution in [0.2, 0.25) is 0 Å². The first-order valence-corrected chi connectivity index (χ1v) is 22.2. The van der Waals surface area contributed by atoms with Gasteiger partial charge in [0, 0.05) is 41.6 Å². The van der Waals surface area contributed by atoms with Crippen LogP contribution in [0.1, 0.15) is 92.4 Å². The zero-order valence-electron chi connectivity index (χ0n) is 36.9. The molecule has 0 bridgehead atoms. The Morgan fingerprint density at radius 1 is 0.797 bits per heavy atom. The molecule has 2 saturated carbocycles. The number of anilines is 1. The minimum absolute atomic E-state index is 0.0297. The predicted molar refractivity (Wildman–Crippen MR) is 252 cm³/mol. The van der Waals surface area contributed by atoms with E-state index in [1.807, 2.05) is 109 Å². The van der Waals surface area contributed by atoms with E-state index >= 15 is 0 Å². The van der Waals surface area contributed by atoms with Crippen LogP contribution in [-0.4, -0.2) is 78.9 Å². The number of hydrogen-bond donors (Lipinski definition) is 5. The molecule has 3 fully saturated rings. The molecule has 0 radical (unpaired) electrons. The first kappa shape index (κ1) is 48.4. The normalized spacial score (nSPS) is 15.4. The van der Waals surface area contributed by atoms with Crippen molar-refractivity contribution in [2.24, 2.45) is 11.8 Å². The van der Waals surface area contributed by atoms with Crippen molar-refractivity contribution in [1.82, 2.24) is 30.8 Å². The summed E-state index contributed by atoms with van der Waals surface area (Å²) in [6.07, 6.45) is 12.0. The highest BCUT2D eigenvalue weighted by atomic mass is 16.2. The quantitative estimate of drug-likeness (QED) is 0.0412. The lowest BCUT2D eigenvalue weighted by atomic mass is 10.1. The van der Waals surface area contributed by atoms with Crippen LogP contribution >= 0.6 is 0 Å². The summed E-state index contributed by atoms with van der Waals surface area (Å²) in [5.74, 6) is 8.03. The zero-order valence-corrected chi connectivity index (χ0v) is 36.9. The molecule has 2 unspecified atom stereocenters. The summed E-state index contributed by atoms with van der Waals surface area (Å²) < 4.78 is 0. The maximum atomic E-state index is 12.5. The molecule has 0 spiro atoms. The van der Waals surface area contributed by atoms with Gasteiger partial charge in [0.2, 0.25) is 17.7 Å². The maximum Gasteiger partial charge on any atom is 0.241 e. The van der Waals surface area contributed by atoms with Gasteiger partial charge >= 0.3 is 0 Å². The van der Waals surface area contributed by atoms with E-state index in [-0.39, 0.29) is 30.2 Å². The Bertz CT molecular complexity index is 2220. The number of rotatable bonds is 15. The molecule has 3 amide bonds. The van der Waals surface area contributed by atoms with E-state index in [0.29, 0.717) is 37.6 Å². The molecule has 4 aromatic carbocycles. The summed E-state index contributed by atoms with van der Waals surface area (Å²) >= 11 is 0. The highest BCUT2D eigenvalue weighted by Crippen LogP contribution is 2.30. The zero-order chi connectivity index (χ0) is 45.4. The number of likely N-dealkylation sites (N-methyl/N-ethyl adjacent to an activating group) is 1. The fraction of sp³-hybridized carbons (Fsp3) is 0.346. The van der Waals surface area contributed by atoms with E-state index in [0.717, 1.165) is 90.8 Å². The fourth-order valence-electron chi connectivity index (χ4n) is 6.71. The smallest absolute Gasteiger partial charge is 0.241 e. The number of aldehydes is 2. The van der Waals surface area contributed by atoms with Gasteiger partial charge in [0.25, 0.3) is 0 Å². The predicted octanol–water partition coefficient (Wildman–Crippen LogP) is 7.42. The van der Waals surface area contributed by atoms with Gasteiger partial charge in [0.05, 0.1) is 24.5 Å². The van der Waals surface area contributed by atoms with E-state index in [1.165, 1.54) is 6.42 Å². The number of carbonyl (C=O) groups excluding carboxylic acids is 5. The Hall–Kier alpha value is -6.68. The third-order valence-corrected chi connectivity index (χ3v) is 10.7. The summed E-state index contributed by atoms with van der Waals surface area (Å²) in [6, 6.07) is 37.3. The molecular formula is C52H61N7O5. The molecule has 12 heteroatoms. The Labute approximate surface area is 377 Å². The molecule has 5 N–H and O–H groups in total.